The maximum absolute atomic E-state index is 12.2. The van der Waals surface area contributed by atoms with Crippen LogP contribution in [0.2, 0.25) is 0 Å². The molecule has 5 nitrogen and oxygen atoms in total. The number of amides is 1. The van der Waals surface area contributed by atoms with Crippen molar-refractivity contribution in [3.05, 3.63) is 47.7 Å². The van der Waals surface area contributed by atoms with Gasteiger partial charge in [-0.25, -0.2) is 4.98 Å². The molecule has 1 aromatic heterocycles. The fraction of sp³-hybridized carbons (Fsp3) is 0.381. The van der Waals surface area contributed by atoms with Crippen LogP contribution in [0.4, 0.5) is 5.69 Å². The number of hydrogen-bond acceptors (Lipinski definition) is 4. The summed E-state index contributed by atoms with van der Waals surface area (Å²) >= 11 is 0. The molecule has 0 saturated heterocycles. The van der Waals surface area contributed by atoms with Crippen molar-refractivity contribution >= 4 is 11.6 Å². The minimum Gasteiger partial charge on any atom is -0.438 e. The molecule has 3 rings (SSSR count). The van der Waals surface area contributed by atoms with Crippen LogP contribution in [0, 0.1) is 24.2 Å². The topological polar surface area (TPSA) is 75.0 Å². The summed E-state index contributed by atoms with van der Waals surface area (Å²) in [6.45, 7) is 1.92. The number of nitrogens with zero attached hydrogens (tertiary/aromatic N) is 2. The Labute approximate surface area is 154 Å². The zero-order valence-electron chi connectivity index (χ0n) is 15.0. The van der Waals surface area contributed by atoms with E-state index in [2.05, 4.69) is 16.4 Å². The van der Waals surface area contributed by atoms with Gasteiger partial charge in [0.2, 0.25) is 11.8 Å². The van der Waals surface area contributed by atoms with Crippen LogP contribution in [-0.2, 0) is 4.79 Å². The van der Waals surface area contributed by atoms with Gasteiger partial charge in [-0.3, -0.25) is 4.79 Å². The number of carbonyl (C=O) groups excluding carboxylic acids is 1. The molecule has 5 heteroatoms. The molecule has 1 amide bonds. The Kier molecular flexibility index (Phi) is 5.85. The van der Waals surface area contributed by atoms with Crippen LogP contribution in [-0.4, -0.2) is 10.9 Å². The number of aryl methyl sites for hydroxylation is 1. The second-order valence-electron chi connectivity index (χ2n) is 6.78. The van der Waals surface area contributed by atoms with Crippen LogP contribution >= 0.6 is 0 Å². The van der Waals surface area contributed by atoms with Crippen molar-refractivity contribution < 1.29 is 9.53 Å². The summed E-state index contributed by atoms with van der Waals surface area (Å²) < 4.78 is 5.71. The van der Waals surface area contributed by atoms with E-state index in [1.54, 1.807) is 24.4 Å². The van der Waals surface area contributed by atoms with E-state index in [4.69, 9.17) is 10.00 Å². The average Bonchev–Trinajstić information content (AvgIpc) is 3.16. The quantitative estimate of drug-likeness (QED) is 0.799. The van der Waals surface area contributed by atoms with Gasteiger partial charge in [0.25, 0.3) is 0 Å². The van der Waals surface area contributed by atoms with E-state index in [0.29, 0.717) is 23.7 Å². The van der Waals surface area contributed by atoms with E-state index in [1.807, 2.05) is 19.1 Å². The van der Waals surface area contributed by atoms with Gasteiger partial charge in [-0.05, 0) is 55.2 Å². The van der Waals surface area contributed by atoms with E-state index in [-0.39, 0.29) is 11.8 Å². The molecule has 0 unspecified atom stereocenters. The monoisotopic (exact) mass is 349 g/mol. The highest BCUT2D eigenvalue weighted by atomic mass is 16.5. The summed E-state index contributed by atoms with van der Waals surface area (Å²) in [6, 6.07) is 10.9. The fourth-order valence-electron chi connectivity index (χ4n) is 3.36. The molecular formula is C21H23N3O2. The normalized spacial score (nSPS) is 14.0. The van der Waals surface area contributed by atoms with Gasteiger partial charge in [0.05, 0.1) is 0 Å². The smallest absolute Gasteiger partial charge is 0.237 e. The van der Waals surface area contributed by atoms with E-state index in [0.717, 1.165) is 17.7 Å². The first-order valence-electron chi connectivity index (χ1n) is 9.09. The highest BCUT2D eigenvalue weighted by Crippen LogP contribution is 2.29. The van der Waals surface area contributed by atoms with Crippen LogP contribution < -0.4 is 10.1 Å². The van der Waals surface area contributed by atoms with Crippen LogP contribution in [0.1, 0.15) is 49.7 Å². The molecule has 1 N–H and O–H groups in total. The van der Waals surface area contributed by atoms with Crippen molar-refractivity contribution in [3.63, 3.8) is 0 Å². The molecule has 2 aromatic rings. The zero-order valence-corrected chi connectivity index (χ0v) is 15.0. The van der Waals surface area contributed by atoms with Crippen LogP contribution in [0.25, 0.3) is 0 Å². The van der Waals surface area contributed by atoms with Crippen LogP contribution in [0.3, 0.4) is 0 Å². The van der Waals surface area contributed by atoms with Gasteiger partial charge in [-0.1, -0.05) is 25.7 Å². The molecule has 0 aliphatic heterocycles. The number of nitrogens with one attached hydrogen (secondary N) is 1. The summed E-state index contributed by atoms with van der Waals surface area (Å²) in [5.74, 6) is 1.64. The first-order valence-corrected chi connectivity index (χ1v) is 9.09. The standard InChI is InChI=1S/C21H23N3O2/c1-15-13-18(26-21-17(14-22)7-4-12-23-21)9-10-19(15)24-20(25)11-8-16-5-2-3-6-16/h4,7,9-10,12-13,16H,2-3,5-6,8,11H2,1H3,(H,24,25). The van der Waals surface area contributed by atoms with Gasteiger partial charge < -0.3 is 10.1 Å². The Balaban J connectivity index is 1.60. The van der Waals surface area contributed by atoms with Crippen molar-refractivity contribution in [2.24, 2.45) is 5.92 Å². The molecule has 134 valence electrons. The van der Waals surface area contributed by atoms with E-state index < -0.39 is 0 Å². The zero-order chi connectivity index (χ0) is 18.4. The molecular weight excluding hydrogens is 326 g/mol. The predicted octanol–water partition coefficient (Wildman–Crippen LogP) is 4.96. The molecule has 1 aliphatic rings. The Bertz CT molecular complexity index is 820. The molecule has 1 aliphatic carbocycles. The Morgan fingerprint density at radius 1 is 1.35 bits per heavy atom. The van der Waals surface area contributed by atoms with E-state index in [1.165, 1.54) is 25.7 Å². The van der Waals surface area contributed by atoms with Gasteiger partial charge in [0.15, 0.2) is 0 Å². The number of ether oxygens (including phenoxy) is 1. The van der Waals surface area contributed by atoms with E-state index >= 15 is 0 Å². The second-order valence-corrected chi connectivity index (χ2v) is 6.78. The lowest BCUT2D eigenvalue weighted by Gasteiger charge is -2.12. The number of pyridine rings is 1. The van der Waals surface area contributed by atoms with Crippen molar-refractivity contribution in [1.29, 1.82) is 5.26 Å². The summed E-state index contributed by atoms with van der Waals surface area (Å²) in [5, 5.41) is 12.1. The first kappa shape index (κ1) is 17.9. The van der Waals surface area contributed by atoms with Crippen LogP contribution in [0.5, 0.6) is 11.6 Å². The number of nitriles is 1. The van der Waals surface area contributed by atoms with Crippen molar-refractivity contribution in [2.45, 2.75) is 45.4 Å². The maximum Gasteiger partial charge on any atom is 0.237 e. The van der Waals surface area contributed by atoms with Crippen molar-refractivity contribution in [3.8, 4) is 17.7 Å². The summed E-state index contributed by atoms with van der Waals surface area (Å²) in [6.07, 6.45) is 8.26. The van der Waals surface area contributed by atoms with Crippen molar-refractivity contribution in [2.75, 3.05) is 5.32 Å². The van der Waals surface area contributed by atoms with Gasteiger partial charge >= 0.3 is 0 Å². The molecule has 1 fully saturated rings. The third-order valence-electron chi connectivity index (χ3n) is 4.83. The molecule has 1 saturated carbocycles. The average molecular weight is 349 g/mol. The lowest BCUT2D eigenvalue weighted by molar-refractivity contribution is -0.116. The molecule has 0 atom stereocenters. The SMILES string of the molecule is Cc1cc(Oc2ncccc2C#N)ccc1NC(=O)CCC1CCCC1. The lowest BCUT2D eigenvalue weighted by Crippen LogP contribution is -2.13. The Morgan fingerprint density at radius 3 is 2.88 bits per heavy atom. The summed E-state index contributed by atoms with van der Waals surface area (Å²) in [4.78, 5) is 16.3. The number of benzene rings is 1. The lowest BCUT2D eigenvalue weighted by atomic mass is 10.0. The van der Waals surface area contributed by atoms with Gasteiger partial charge in [0.1, 0.15) is 17.4 Å². The minimum absolute atomic E-state index is 0.0603. The molecule has 0 spiro atoms. The highest BCUT2D eigenvalue weighted by molar-refractivity contribution is 5.91. The number of rotatable bonds is 6. The highest BCUT2D eigenvalue weighted by Gasteiger charge is 2.16. The van der Waals surface area contributed by atoms with E-state index in [9.17, 15) is 4.79 Å². The molecule has 0 bridgehead atoms. The molecule has 0 radical (unpaired) electrons. The van der Waals surface area contributed by atoms with Gasteiger partial charge in [0, 0.05) is 18.3 Å². The third kappa shape index (κ3) is 4.60. The Hall–Kier alpha value is -2.87. The largest absolute Gasteiger partial charge is 0.438 e. The fourth-order valence-corrected chi connectivity index (χ4v) is 3.36. The third-order valence-corrected chi connectivity index (χ3v) is 4.83. The molecule has 1 aromatic carbocycles. The number of hydrogen-bond donors (Lipinski definition) is 1. The molecule has 1 heterocycles. The van der Waals surface area contributed by atoms with Crippen molar-refractivity contribution in [1.82, 2.24) is 4.98 Å². The second kappa shape index (κ2) is 8.48. The van der Waals surface area contributed by atoms with Gasteiger partial charge in [-0.15, -0.1) is 0 Å². The molecule has 26 heavy (non-hydrogen) atoms. The van der Waals surface area contributed by atoms with Crippen LogP contribution in [0.15, 0.2) is 36.5 Å². The number of aromatic nitrogens is 1. The Morgan fingerprint density at radius 2 is 2.15 bits per heavy atom. The summed E-state index contributed by atoms with van der Waals surface area (Å²) in [7, 11) is 0. The number of carbonyl (C=O) groups is 1. The minimum atomic E-state index is 0.0603. The maximum atomic E-state index is 12.2. The first-order chi connectivity index (χ1) is 12.7. The summed E-state index contributed by atoms with van der Waals surface area (Å²) in [5.41, 5.74) is 2.08. The number of anilines is 1. The predicted molar refractivity (Wildman–Crippen MR) is 100 cm³/mol. The van der Waals surface area contributed by atoms with Gasteiger partial charge in [-0.2, -0.15) is 5.26 Å².